The van der Waals surface area contributed by atoms with Gasteiger partial charge in [-0.2, -0.15) is 5.26 Å². The second-order valence-corrected chi connectivity index (χ2v) is 3.97. The van der Waals surface area contributed by atoms with Crippen LogP contribution in [0.2, 0.25) is 0 Å². The zero-order chi connectivity index (χ0) is 11.4. The predicted molar refractivity (Wildman–Crippen MR) is 54.9 cm³/mol. The monoisotopic (exact) mass is 219 g/mol. The predicted octanol–water partition coefficient (Wildman–Crippen LogP) is 0.0882. The van der Waals surface area contributed by atoms with E-state index >= 15 is 0 Å². The number of amides is 1. The van der Waals surface area contributed by atoms with Gasteiger partial charge in [0.25, 0.3) is 0 Å². The first-order valence-electron chi connectivity index (χ1n) is 5.30. The van der Waals surface area contributed by atoms with E-state index in [0.29, 0.717) is 25.9 Å². The standard InChI is InChI=1S/C10H13N5O/c11-8-10(2-1-3-10)9(16)12-4-6-15-7-5-13-14-15/h5,7H,1-4,6H2,(H,12,16). The molecule has 1 fully saturated rings. The molecule has 1 aliphatic rings. The first kappa shape index (κ1) is 10.6. The molecule has 84 valence electrons. The van der Waals surface area contributed by atoms with Crippen molar-refractivity contribution in [3.63, 3.8) is 0 Å². The number of nitriles is 1. The van der Waals surface area contributed by atoms with Gasteiger partial charge in [-0.05, 0) is 19.3 Å². The molecule has 1 saturated carbocycles. The molecule has 16 heavy (non-hydrogen) atoms. The van der Waals surface area contributed by atoms with E-state index in [2.05, 4.69) is 21.7 Å². The highest BCUT2D eigenvalue weighted by molar-refractivity contribution is 5.86. The summed E-state index contributed by atoms with van der Waals surface area (Å²) < 4.78 is 1.64. The first-order valence-corrected chi connectivity index (χ1v) is 5.30. The number of carbonyl (C=O) groups is 1. The minimum atomic E-state index is -0.762. The summed E-state index contributed by atoms with van der Waals surface area (Å²) in [5.74, 6) is -0.152. The van der Waals surface area contributed by atoms with Crippen molar-refractivity contribution in [3.05, 3.63) is 12.4 Å². The van der Waals surface area contributed by atoms with Crippen molar-refractivity contribution >= 4 is 5.91 Å². The van der Waals surface area contributed by atoms with Gasteiger partial charge < -0.3 is 5.32 Å². The SMILES string of the molecule is N#CC1(C(=O)NCCn2ccnn2)CCC1. The average molecular weight is 219 g/mol. The van der Waals surface area contributed by atoms with E-state index in [1.807, 2.05) is 0 Å². The van der Waals surface area contributed by atoms with Crippen LogP contribution in [0.25, 0.3) is 0 Å². The van der Waals surface area contributed by atoms with Gasteiger partial charge in [-0.1, -0.05) is 5.21 Å². The Morgan fingerprint density at radius 1 is 1.62 bits per heavy atom. The molecule has 0 bridgehead atoms. The van der Waals surface area contributed by atoms with Gasteiger partial charge in [0.2, 0.25) is 5.91 Å². The Morgan fingerprint density at radius 2 is 2.44 bits per heavy atom. The zero-order valence-electron chi connectivity index (χ0n) is 8.89. The normalized spacial score (nSPS) is 17.2. The van der Waals surface area contributed by atoms with Crippen molar-refractivity contribution in [2.24, 2.45) is 5.41 Å². The van der Waals surface area contributed by atoms with E-state index in [0.717, 1.165) is 6.42 Å². The highest BCUT2D eigenvalue weighted by Gasteiger charge is 2.44. The Balaban J connectivity index is 1.78. The van der Waals surface area contributed by atoms with Crippen molar-refractivity contribution in [2.75, 3.05) is 6.54 Å². The number of hydrogen-bond acceptors (Lipinski definition) is 4. The van der Waals surface area contributed by atoms with E-state index < -0.39 is 5.41 Å². The number of rotatable bonds is 4. The van der Waals surface area contributed by atoms with E-state index in [4.69, 9.17) is 5.26 Å². The fraction of sp³-hybridized carbons (Fsp3) is 0.600. The molecule has 2 rings (SSSR count). The molecule has 0 atom stereocenters. The number of nitrogens with one attached hydrogen (secondary N) is 1. The average Bonchev–Trinajstić information content (AvgIpc) is 2.70. The molecule has 0 spiro atoms. The van der Waals surface area contributed by atoms with Crippen LogP contribution in [-0.2, 0) is 11.3 Å². The molecule has 1 amide bonds. The van der Waals surface area contributed by atoms with E-state index in [1.54, 1.807) is 17.1 Å². The number of hydrogen-bond donors (Lipinski definition) is 1. The van der Waals surface area contributed by atoms with Crippen LogP contribution in [0, 0.1) is 16.7 Å². The van der Waals surface area contributed by atoms with Gasteiger partial charge in [0.05, 0.1) is 18.8 Å². The van der Waals surface area contributed by atoms with Gasteiger partial charge in [0.15, 0.2) is 0 Å². The minimum Gasteiger partial charge on any atom is -0.353 e. The summed E-state index contributed by atoms with van der Waals surface area (Å²) in [5.41, 5.74) is -0.762. The molecular weight excluding hydrogens is 206 g/mol. The third-order valence-electron chi connectivity index (χ3n) is 2.95. The highest BCUT2D eigenvalue weighted by atomic mass is 16.2. The largest absolute Gasteiger partial charge is 0.353 e. The van der Waals surface area contributed by atoms with Gasteiger partial charge in [-0.15, -0.1) is 5.10 Å². The molecule has 6 nitrogen and oxygen atoms in total. The van der Waals surface area contributed by atoms with Crippen molar-refractivity contribution in [1.82, 2.24) is 20.3 Å². The van der Waals surface area contributed by atoms with Crippen LogP contribution in [0.5, 0.6) is 0 Å². The minimum absolute atomic E-state index is 0.152. The molecule has 1 aromatic heterocycles. The smallest absolute Gasteiger partial charge is 0.240 e. The Morgan fingerprint density at radius 3 is 2.94 bits per heavy atom. The quantitative estimate of drug-likeness (QED) is 0.777. The van der Waals surface area contributed by atoms with Gasteiger partial charge >= 0.3 is 0 Å². The molecule has 0 aliphatic heterocycles. The Kier molecular flexibility index (Phi) is 2.86. The molecule has 6 heteroatoms. The lowest BCUT2D eigenvalue weighted by Crippen LogP contribution is -2.45. The van der Waals surface area contributed by atoms with E-state index in [-0.39, 0.29) is 5.91 Å². The fourth-order valence-corrected chi connectivity index (χ4v) is 1.73. The summed E-state index contributed by atoms with van der Waals surface area (Å²) in [7, 11) is 0. The zero-order valence-corrected chi connectivity index (χ0v) is 8.89. The summed E-state index contributed by atoms with van der Waals surface area (Å²) in [5, 5.41) is 19.2. The van der Waals surface area contributed by atoms with Crippen LogP contribution in [0.3, 0.4) is 0 Å². The maximum Gasteiger partial charge on any atom is 0.240 e. The second-order valence-electron chi connectivity index (χ2n) is 3.97. The molecule has 1 N–H and O–H groups in total. The van der Waals surface area contributed by atoms with Gasteiger partial charge in [-0.3, -0.25) is 9.48 Å². The van der Waals surface area contributed by atoms with E-state index in [1.165, 1.54) is 0 Å². The summed E-state index contributed by atoms with van der Waals surface area (Å²) in [6, 6.07) is 2.11. The third-order valence-corrected chi connectivity index (χ3v) is 2.95. The Labute approximate surface area is 93.2 Å². The van der Waals surface area contributed by atoms with Crippen LogP contribution in [0.1, 0.15) is 19.3 Å². The van der Waals surface area contributed by atoms with Crippen LogP contribution in [0.15, 0.2) is 12.4 Å². The maximum absolute atomic E-state index is 11.7. The molecule has 1 heterocycles. The molecule has 1 aromatic rings. The fourth-order valence-electron chi connectivity index (χ4n) is 1.73. The van der Waals surface area contributed by atoms with Crippen LogP contribution in [0.4, 0.5) is 0 Å². The van der Waals surface area contributed by atoms with Crippen LogP contribution < -0.4 is 5.32 Å². The lowest BCUT2D eigenvalue weighted by Gasteiger charge is -2.33. The Bertz CT molecular complexity index is 401. The van der Waals surface area contributed by atoms with E-state index in [9.17, 15) is 4.79 Å². The van der Waals surface area contributed by atoms with Crippen LogP contribution >= 0.6 is 0 Å². The lowest BCUT2D eigenvalue weighted by atomic mass is 9.69. The molecule has 0 radical (unpaired) electrons. The summed E-state index contributed by atoms with van der Waals surface area (Å²) in [6.07, 6.45) is 5.64. The molecule has 0 saturated heterocycles. The highest BCUT2D eigenvalue weighted by Crippen LogP contribution is 2.40. The molecule has 0 unspecified atom stereocenters. The Hall–Kier alpha value is -1.90. The van der Waals surface area contributed by atoms with Crippen molar-refractivity contribution in [2.45, 2.75) is 25.8 Å². The summed E-state index contributed by atoms with van der Waals surface area (Å²) in [4.78, 5) is 11.7. The van der Waals surface area contributed by atoms with Gasteiger partial charge in [0, 0.05) is 12.7 Å². The summed E-state index contributed by atoms with van der Waals surface area (Å²) in [6.45, 7) is 1.05. The molecule has 1 aliphatic carbocycles. The maximum atomic E-state index is 11.7. The topological polar surface area (TPSA) is 83.6 Å². The third kappa shape index (κ3) is 1.89. The number of carbonyl (C=O) groups excluding carboxylic acids is 1. The van der Waals surface area contributed by atoms with Crippen molar-refractivity contribution < 1.29 is 4.79 Å². The lowest BCUT2D eigenvalue weighted by molar-refractivity contribution is -0.131. The molecule has 0 aromatic carbocycles. The van der Waals surface area contributed by atoms with Crippen LogP contribution in [-0.4, -0.2) is 27.4 Å². The summed E-state index contributed by atoms with van der Waals surface area (Å²) >= 11 is 0. The van der Waals surface area contributed by atoms with Crippen molar-refractivity contribution in [3.8, 4) is 6.07 Å². The number of aromatic nitrogens is 3. The van der Waals surface area contributed by atoms with Crippen molar-refractivity contribution in [1.29, 1.82) is 5.26 Å². The first-order chi connectivity index (χ1) is 7.77. The second kappa shape index (κ2) is 4.31. The molecular formula is C10H13N5O. The van der Waals surface area contributed by atoms with Gasteiger partial charge in [0.1, 0.15) is 5.41 Å². The van der Waals surface area contributed by atoms with Gasteiger partial charge in [-0.25, -0.2) is 0 Å². The number of nitrogens with zero attached hydrogens (tertiary/aromatic N) is 4.